The van der Waals surface area contributed by atoms with E-state index in [1.165, 1.54) is 11.1 Å². The van der Waals surface area contributed by atoms with Crippen LogP contribution in [0.1, 0.15) is 30.0 Å². The molecule has 1 N–H and O–H groups in total. The molecule has 2 fully saturated rings. The summed E-state index contributed by atoms with van der Waals surface area (Å²) in [6, 6.07) is 21.3. The second-order valence-electron chi connectivity index (χ2n) is 7.32. The lowest BCUT2D eigenvalue weighted by atomic mass is 9.89. The van der Waals surface area contributed by atoms with Crippen molar-refractivity contribution in [1.82, 2.24) is 10.2 Å². The van der Waals surface area contributed by atoms with Crippen molar-refractivity contribution in [2.24, 2.45) is 11.8 Å². The Morgan fingerprint density at radius 3 is 2.48 bits per heavy atom. The van der Waals surface area contributed by atoms with E-state index >= 15 is 0 Å². The molecule has 3 heteroatoms. The molecule has 130 valence electrons. The van der Waals surface area contributed by atoms with E-state index in [2.05, 4.69) is 64.8 Å². The topological polar surface area (TPSA) is 32.3 Å². The zero-order valence-corrected chi connectivity index (χ0v) is 14.6. The van der Waals surface area contributed by atoms with Crippen LogP contribution in [0.15, 0.2) is 60.7 Å². The number of hydrogen-bond donors (Lipinski definition) is 1. The number of hydrogen-bond acceptors (Lipinski definition) is 2. The van der Waals surface area contributed by atoms with E-state index in [1.54, 1.807) is 0 Å². The molecular formula is C22H26N2O. The molecule has 0 saturated carbocycles. The molecule has 0 aromatic heterocycles. The Morgan fingerprint density at radius 2 is 1.72 bits per heavy atom. The average Bonchev–Trinajstić information content (AvgIpc) is 3.24. The van der Waals surface area contributed by atoms with E-state index in [-0.39, 0.29) is 6.04 Å². The Bertz CT molecular complexity index is 700. The van der Waals surface area contributed by atoms with E-state index in [0.717, 1.165) is 32.5 Å². The molecule has 0 bridgehead atoms. The number of fused-ring (bicyclic) bond motifs is 1. The van der Waals surface area contributed by atoms with Gasteiger partial charge in [-0.1, -0.05) is 60.7 Å². The number of aryl methyl sites for hydroxylation is 1. The number of benzene rings is 2. The molecular weight excluding hydrogens is 308 g/mol. The predicted molar refractivity (Wildman–Crippen MR) is 100 cm³/mol. The van der Waals surface area contributed by atoms with Crippen LogP contribution in [-0.4, -0.2) is 30.4 Å². The van der Waals surface area contributed by atoms with Crippen LogP contribution in [0.2, 0.25) is 0 Å². The van der Waals surface area contributed by atoms with E-state index in [4.69, 9.17) is 0 Å². The highest BCUT2D eigenvalue weighted by Crippen LogP contribution is 2.42. The Hall–Kier alpha value is -2.13. The maximum atomic E-state index is 13.0. The molecule has 2 aliphatic heterocycles. The predicted octanol–water partition coefficient (Wildman–Crippen LogP) is 3.43. The summed E-state index contributed by atoms with van der Waals surface area (Å²) in [4.78, 5) is 15.1. The maximum Gasteiger partial charge on any atom is 0.223 e. The third-order valence-corrected chi connectivity index (χ3v) is 5.72. The summed E-state index contributed by atoms with van der Waals surface area (Å²) in [7, 11) is 0. The largest absolute Gasteiger partial charge is 0.335 e. The molecule has 0 radical (unpaired) electrons. The summed E-state index contributed by atoms with van der Waals surface area (Å²) in [5, 5.41) is 3.51. The monoisotopic (exact) mass is 334 g/mol. The van der Waals surface area contributed by atoms with E-state index < -0.39 is 0 Å². The van der Waals surface area contributed by atoms with E-state index in [0.29, 0.717) is 24.2 Å². The maximum absolute atomic E-state index is 13.0. The molecule has 4 rings (SSSR count). The fourth-order valence-corrected chi connectivity index (χ4v) is 4.49. The smallest absolute Gasteiger partial charge is 0.223 e. The second kappa shape index (κ2) is 7.40. The highest BCUT2D eigenvalue weighted by Gasteiger charge is 2.46. The number of nitrogens with one attached hydrogen (secondary N) is 1. The minimum absolute atomic E-state index is 0.241. The van der Waals surface area contributed by atoms with Crippen LogP contribution in [0.4, 0.5) is 0 Å². The molecule has 0 unspecified atom stereocenters. The zero-order chi connectivity index (χ0) is 17.1. The summed E-state index contributed by atoms with van der Waals surface area (Å²) >= 11 is 0. The van der Waals surface area contributed by atoms with Gasteiger partial charge in [0.25, 0.3) is 0 Å². The second-order valence-corrected chi connectivity index (χ2v) is 7.32. The summed E-state index contributed by atoms with van der Waals surface area (Å²) < 4.78 is 0. The molecule has 0 aliphatic carbocycles. The normalized spacial score (nSPS) is 25.1. The van der Waals surface area contributed by atoms with Gasteiger partial charge in [-0.15, -0.1) is 0 Å². The van der Waals surface area contributed by atoms with Crippen molar-refractivity contribution in [2.75, 3.05) is 19.6 Å². The number of carbonyl (C=O) groups is 1. The molecule has 2 aliphatic rings. The first-order valence-corrected chi connectivity index (χ1v) is 9.42. The summed E-state index contributed by atoms with van der Waals surface area (Å²) in [6.45, 7) is 2.97. The van der Waals surface area contributed by atoms with Crippen LogP contribution in [0, 0.1) is 11.8 Å². The van der Waals surface area contributed by atoms with E-state index in [9.17, 15) is 4.79 Å². The lowest BCUT2D eigenvalue weighted by molar-refractivity contribution is -0.132. The molecule has 3 atom stereocenters. The SMILES string of the molecule is O=C(CCCc1ccccc1)N1C[C@@H]2CNC[C@@H]2[C@@H]1c1ccccc1. The van der Waals surface area contributed by atoms with Crippen molar-refractivity contribution in [3.05, 3.63) is 71.8 Å². The molecule has 2 aromatic rings. The van der Waals surface area contributed by atoms with Gasteiger partial charge in [-0.25, -0.2) is 0 Å². The van der Waals surface area contributed by atoms with Crippen molar-refractivity contribution < 1.29 is 4.79 Å². The number of nitrogens with zero attached hydrogens (tertiary/aromatic N) is 1. The molecule has 2 saturated heterocycles. The van der Waals surface area contributed by atoms with Crippen LogP contribution in [0.5, 0.6) is 0 Å². The highest BCUT2D eigenvalue weighted by atomic mass is 16.2. The average molecular weight is 334 g/mol. The van der Waals surface area contributed by atoms with Gasteiger partial charge in [0.2, 0.25) is 5.91 Å². The Morgan fingerprint density at radius 1 is 1.00 bits per heavy atom. The van der Waals surface area contributed by atoms with Crippen LogP contribution in [-0.2, 0) is 11.2 Å². The fraction of sp³-hybridized carbons (Fsp3) is 0.409. The summed E-state index contributed by atoms with van der Waals surface area (Å²) in [5.74, 6) is 1.47. The van der Waals surface area contributed by atoms with Crippen molar-refractivity contribution in [2.45, 2.75) is 25.3 Å². The van der Waals surface area contributed by atoms with Gasteiger partial charge in [-0.3, -0.25) is 4.79 Å². The quantitative estimate of drug-likeness (QED) is 0.908. The number of likely N-dealkylation sites (tertiary alicyclic amines) is 1. The molecule has 2 aromatic carbocycles. The van der Waals surface area contributed by atoms with Crippen molar-refractivity contribution in [1.29, 1.82) is 0 Å². The van der Waals surface area contributed by atoms with Gasteiger partial charge >= 0.3 is 0 Å². The standard InChI is InChI=1S/C22H26N2O/c25-21(13-7-10-17-8-3-1-4-9-17)24-16-19-14-23-15-20(19)22(24)18-11-5-2-6-12-18/h1-6,8-9,11-12,19-20,22-23H,7,10,13-16H2/t19-,20-,22-/m0/s1. The molecule has 3 nitrogen and oxygen atoms in total. The van der Waals surface area contributed by atoms with Gasteiger partial charge in [0.05, 0.1) is 6.04 Å². The van der Waals surface area contributed by atoms with Crippen LogP contribution in [0.3, 0.4) is 0 Å². The first-order valence-electron chi connectivity index (χ1n) is 9.42. The first-order chi connectivity index (χ1) is 12.3. The van der Waals surface area contributed by atoms with Crippen molar-refractivity contribution in [3.8, 4) is 0 Å². The molecule has 2 heterocycles. The summed E-state index contributed by atoms with van der Waals surface area (Å²) in [5.41, 5.74) is 2.60. The number of carbonyl (C=O) groups excluding carboxylic acids is 1. The minimum atomic E-state index is 0.241. The molecule has 1 amide bonds. The minimum Gasteiger partial charge on any atom is -0.335 e. The van der Waals surface area contributed by atoms with E-state index in [1.807, 2.05) is 6.07 Å². The van der Waals surface area contributed by atoms with Gasteiger partial charge in [0.15, 0.2) is 0 Å². The van der Waals surface area contributed by atoms with Crippen LogP contribution in [0.25, 0.3) is 0 Å². The Kier molecular flexibility index (Phi) is 4.84. The van der Waals surface area contributed by atoms with Gasteiger partial charge in [0.1, 0.15) is 0 Å². The van der Waals surface area contributed by atoms with Crippen molar-refractivity contribution in [3.63, 3.8) is 0 Å². The summed E-state index contributed by atoms with van der Waals surface area (Å²) in [6.07, 6.45) is 2.55. The lowest BCUT2D eigenvalue weighted by Crippen LogP contribution is -2.34. The third kappa shape index (κ3) is 3.47. The van der Waals surface area contributed by atoms with Gasteiger partial charge in [-0.05, 0) is 29.9 Å². The Labute approximate surface area is 150 Å². The molecule has 25 heavy (non-hydrogen) atoms. The van der Waals surface area contributed by atoms with Gasteiger partial charge in [-0.2, -0.15) is 0 Å². The van der Waals surface area contributed by atoms with Gasteiger partial charge in [0, 0.05) is 32.0 Å². The number of rotatable bonds is 5. The van der Waals surface area contributed by atoms with Crippen LogP contribution >= 0.6 is 0 Å². The Balaban J connectivity index is 1.43. The molecule has 0 spiro atoms. The first kappa shape index (κ1) is 16.3. The third-order valence-electron chi connectivity index (χ3n) is 5.72. The number of amides is 1. The lowest BCUT2D eigenvalue weighted by Gasteiger charge is -2.28. The fourth-order valence-electron chi connectivity index (χ4n) is 4.49. The van der Waals surface area contributed by atoms with Crippen LogP contribution < -0.4 is 5.32 Å². The van der Waals surface area contributed by atoms with Crippen molar-refractivity contribution >= 4 is 5.91 Å². The van der Waals surface area contributed by atoms with Gasteiger partial charge < -0.3 is 10.2 Å². The zero-order valence-electron chi connectivity index (χ0n) is 14.6. The highest BCUT2D eigenvalue weighted by molar-refractivity contribution is 5.77.